The number of benzene rings is 1. The van der Waals surface area contributed by atoms with Crippen molar-refractivity contribution in [1.29, 1.82) is 0 Å². The number of fused-ring (bicyclic) bond motifs is 1. The molecule has 1 fully saturated rings. The van der Waals surface area contributed by atoms with Gasteiger partial charge in [-0.2, -0.15) is 0 Å². The van der Waals surface area contributed by atoms with Crippen LogP contribution in [0.4, 0.5) is 4.39 Å². The van der Waals surface area contributed by atoms with Crippen LogP contribution in [0, 0.1) is 5.82 Å². The van der Waals surface area contributed by atoms with Crippen LogP contribution < -0.4 is 5.43 Å². The van der Waals surface area contributed by atoms with Gasteiger partial charge in [-0.15, -0.1) is 0 Å². The molecule has 0 saturated carbocycles. The summed E-state index contributed by atoms with van der Waals surface area (Å²) in [6.45, 7) is 1.27. The van der Waals surface area contributed by atoms with Crippen molar-refractivity contribution in [2.45, 2.75) is 25.5 Å². The number of carbonyl (C=O) groups is 1. The van der Waals surface area contributed by atoms with E-state index in [9.17, 15) is 14.0 Å². The van der Waals surface area contributed by atoms with Crippen molar-refractivity contribution in [2.24, 2.45) is 0 Å². The zero-order valence-corrected chi connectivity index (χ0v) is 14.5. The van der Waals surface area contributed by atoms with E-state index in [-0.39, 0.29) is 29.4 Å². The second kappa shape index (κ2) is 7.36. The maximum Gasteiger partial charge on any atom is 0.290 e. The lowest BCUT2D eigenvalue weighted by Crippen LogP contribution is -2.37. The first-order chi connectivity index (χ1) is 13.1. The third kappa shape index (κ3) is 3.78. The molecule has 6 nitrogen and oxygen atoms in total. The summed E-state index contributed by atoms with van der Waals surface area (Å²) in [6.07, 6.45) is 3.28. The quantitative estimate of drug-likeness (QED) is 0.688. The minimum atomic E-state index is -0.535. The van der Waals surface area contributed by atoms with Gasteiger partial charge in [0.25, 0.3) is 5.91 Å². The molecular weight excluding hydrogens is 353 g/mol. The maximum atomic E-state index is 13.4. The molecule has 1 aliphatic heterocycles. The molecule has 0 N–H and O–H groups in total. The molecule has 0 bridgehead atoms. The fraction of sp³-hybridized carbons (Fsp3) is 0.300. The molecule has 0 spiro atoms. The molecule has 1 amide bonds. The number of halogens is 1. The Labute approximate surface area is 154 Å². The van der Waals surface area contributed by atoms with Gasteiger partial charge in [-0.1, -0.05) is 0 Å². The molecule has 1 atom stereocenters. The molecule has 1 aromatic carbocycles. The van der Waals surface area contributed by atoms with Gasteiger partial charge < -0.3 is 18.5 Å². The van der Waals surface area contributed by atoms with Crippen molar-refractivity contribution >= 4 is 16.9 Å². The van der Waals surface area contributed by atoms with Crippen LogP contribution in [0.25, 0.3) is 11.0 Å². The third-order valence-electron chi connectivity index (χ3n) is 4.56. The van der Waals surface area contributed by atoms with Gasteiger partial charge in [-0.05, 0) is 43.2 Å². The van der Waals surface area contributed by atoms with Crippen molar-refractivity contribution in [3.05, 3.63) is 70.2 Å². The van der Waals surface area contributed by atoms with E-state index in [1.54, 1.807) is 17.0 Å². The molecule has 140 valence electrons. The van der Waals surface area contributed by atoms with Gasteiger partial charge in [0, 0.05) is 19.2 Å². The Morgan fingerprint density at radius 1 is 1.26 bits per heavy atom. The highest BCUT2D eigenvalue weighted by Crippen LogP contribution is 2.19. The van der Waals surface area contributed by atoms with Gasteiger partial charge in [0.2, 0.25) is 0 Å². The number of rotatable bonds is 5. The summed E-state index contributed by atoms with van der Waals surface area (Å²) >= 11 is 0. The van der Waals surface area contributed by atoms with Crippen molar-refractivity contribution in [1.82, 2.24) is 4.90 Å². The average molecular weight is 371 g/mol. The van der Waals surface area contributed by atoms with Crippen LogP contribution in [-0.4, -0.2) is 30.1 Å². The van der Waals surface area contributed by atoms with Crippen molar-refractivity contribution in [3.63, 3.8) is 0 Å². The lowest BCUT2D eigenvalue weighted by atomic mass is 10.2. The number of amides is 1. The van der Waals surface area contributed by atoms with Crippen LogP contribution >= 0.6 is 0 Å². The number of carbonyl (C=O) groups excluding carboxylic acids is 1. The van der Waals surface area contributed by atoms with Gasteiger partial charge in [0.05, 0.1) is 24.3 Å². The number of furan rings is 1. The van der Waals surface area contributed by atoms with Gasteiger partial charge in [-0.3, -0.25) is 9.59 Å². The summed E-state index contributed by atoms with van der Waals surface area (Å²) in [6, 6.07) is 8.26. The molecule has 3 aromatic rings. The van der Waals surface area contributed by atoms with Crippen molar-refractivity contribution in [3.8, 4) is 0 Å². The summed E-state index contributed by atoms with van der Waals surface area (Å²) in [5.41, 5.74) is -0.295. The highest BCUT2D eigenvalue weighted by Gasteiger charge is 2.26. The van der Waals surface area contributed by atoms with Gasteiger partial charge >= 0.3 is 0 Å². The third-order valence-corrected chi connectivity index (χ3v) is 4.56. The van der Waals surface area contributed by atoms with Gasteiger partial charge in [0.15, 0.2) is 11.2 Å². The molecule has 2 aromatic heterocycles. The molecule has 4 rings (SSSR count). The average Bonchev–Trinajstić information content (AvgIpc) is 3.35. The fourth-order valence-corrected chi connectivity index (χ4v) is 3.23. The molecule has 1 aliphatic rings. The second-order valence-corrected chi connectivity index (χ2v) is 6.52. The Kier molecular flexibility index (Phi) is 4.77. The molecule has 0 radical (unpaired) electrons. The summed E-state index contributed by atoms with van der Waals surface area (Å²) in [5.74, 6) is -0.452. The Hall–Kier alpha value is -2.93. The van der Waals surface area contributed by atoms with Gasteiger partial charge in [0.1, 0.15) is 17.2 Å². The molecule has 3 heterocycles. The zero-order chi connectivity index (χ0) is 18.8. The molecule has 7 heteroatoms. The highest BCUT2D eigenvalue weighted by atomic mass is 19.1. The standard InChI is InChI=1S/C20H18FNO5/c21-13-5-6-18-16(9-13)17(23)10-19(27-18)20(24)22(11-14-3-1-7-25-14)12-15-4-2-8-26-15/h1,3,5-7,9-10,15H,2,4,8,11-12H2/t15-/m1/s1. The second-order valence-electron chi connectivity index (χ2n) is 6.52. The normalized spacial score (nSPS) is 16.7. The Morgan fingerprint density at radius 3 is 2.89 bits per heavy atom. The first kappa shape index (κ1) is 17.5. The predicted octanol–water partition coefficient (Wildman–Crippen LogP) is 3.35. The summed E-state index contributed by atoms with van der Waals surface area (Å²) in [5, 5.41) is 0.100. The lowest BCUT2D eigenvalue weighted by molar-refractivity contribution is 0.0469. The first-order valence-electron chi connectivity index (χ1n) is 8.77. The smallest absolute Gasteiger partial charge is 0.290 e. The SMILES string of the molecule is O=C(c1cc(=O)c2cc(F)ccc2o1)N(Cc1ccco1)C[C@H]1CCCO1. The molecule has 0 aliphatic carbocycles. The molecular formula is C20H18FNO5. The largest absolute Gasteiger partial charge is 0.467 e. The summed E-state index contributed by atoms with van der Waals surface area (Å²) in [7, 11) is 0. The lowest BCUT2D eigenvalue weighted by Gasteiger charge is -2.24. The van der Waals surface area contributed by atoms with Crippen LogP contribution in [0.3, 0.4) is 0 Å². The van der Waals surface area contributed by atoms with Crippen LogP contribution in [0.15, 0.2) is 56.3 Å². The number of ether oxygens (including phenoxy) is 1. The van der Waals surface area contributed by atoms with Crippen molar-refractivity contribution in [2.75, 3.05) is 13.2 Å². The van der Waals surface area contributed by atoms with Crippen LogP contribution in [-0.2, 0) is 11.3 Å². The van der Waals surface area contributed by atoms with E-state index in [2.05, 4.69) is 0 Å². The topological polar surface area (TPSA) is 72.9 Å². The van der Waals surface area contributed by atoms with Crippen LogP contribution in [0.2, 0.25) is 0 Å². The Balaban J connectivity index is 1.66. The molecule has 27 heavy (non-hydrogen) atoms. The van der Waals surface area contributed by atoms with E-state index < -0.39 is 17.2 Å². The van der Waals surface area contributed by atoms with E-state index in [0.717, 1.165) is 25.0 Å². The van der Waals surface area contributed by atoms with E-state index in [1.807, 2.05) is 0 Å². The minimum absolute atomic E-state index is 0.0646. The van der Waals surface area contributed by atoms with Crippen LogP contribution in [0.5, 0.6) is 0 Å². The number of hydrogen-bond donors (Lipinski definition) is 0. The maximum absolute atomic E-state index is 13.4. The summed E-state index contributed by atoms with van der Waals surface area (Å²) in [4.78, 5) is 26.9. The molecule has 1 saturated heterocycles. The van der Waals surface area contributed by atoms with Gasteiger partial charge in [-0.25, -0.2) is 4.39 Å². The fourth-order valence-electron chi connectivity index (χ4n) is 3.23. The highest BCUT2D eigenvalue weighted by molar-refractivity contribution is 5.93. The summed E-state index contributed by atoms with van der Waals surface area (Å²) < 4.78 is 29.9. The van der Waals surface area contributed by atoms with Crippen molar-refractivity contribution < 1.29 is 22.8 Å². The van der Waals surface area contributed by atoms with E-state index >= 15 is 0 Å². The zero-order valence-electron chi connectivity index (χ0n) is 14.5. The van der Waals surface area contributed by atoms with Crippen LogP contribution in [0.1, 0.15) is 29.2 Å². The number of nitrogens with zero attached hydrogens (tertiary/aromatic N) is 1. The minimum Gasteiger partial charge on any atom is -0.467 e. The van der Waals surface area contributed by atoms with E-state index in [0.29, 0.717) is 18.9 Å². The molecule has 0 unspecified atom stereocenters. The van der Waals surface area contributed by atoms with E-state index in [4.69, 9.17) is 13.6 Å². The Bertz CT molecular complexity index is 1000. The number of hydrogen-bond acceptors (Lipinski definition) is 5. The van der Waals surface area contributed by atoms with E-state index in [1.165, 1.54) is 18.4 Å². The first-order valence-corrected chi connectivity index (χ1v) is 8.77. The predicted molar refractivity (Wildman–Crippen MR) is 94.9 cm³/mol. The monoisotopic (exact) mass is 371 g/mol. The Morgan fingerprint density at radius 2 is 2.15 bits per heavy atom.